The van der Waals surface area contributed by atoms with Crippen molar-refractivity contribution in [2.45, 2.75) is 6.29 Å². The van der Waals surface area contributed by atoms with Crippen LogP contribution in [0.3, 0.4) is 0 Å². The molecular weight excluding hydrogens is 246 g/mol. The fraction of sp³-hybridized carbons (Fsp3) is 0.571. The number of hydrogen-bond donors (Lipinski definition) is 0. The third-order valence-corrected chi connectivity index (χ3v) is 4.31. The molecule has 1 aliphatic heterocycles. The molecule has 1 atom stereocenters. The first-order valence-electron chi connectivity index (χ1n) is 3.85. The molecule has 0 saturated heterocycles. The van der Waals surface area contributed by atoms with Gasteiger partial charge in [-0.25, -0.2) is 4.79 Å². The SMILES string of the molecule is COC1OC(=O)C(Cl)=C1P(=O)(OC)OC. The number of hydrogen-bond acceptors (Lipinski definition) is 6. The van der Waals surface area contributed by atoms with Gasteiger partial charge in [0.25, 0.3) is 0 Å². The predicted octanol–water partition coefficient (Wildman–Crippen LogP) is 1.45. The van der Waals surface area contributed by atoms with Crippen molar-refractivity contribution in [2.24, 2.45) is 0 Å². The second kappa shape index (κ2) is 4.63. The van der Waals surface area contributed by atoms with Gasteiger partial charge in [-0.05, 0) is 0 Å². The van der Waals surface area contributed by atoms with Crippen LogP contribution in [0.2, 0.25) is 0 Å². The Bertz CT molecular complexity index is 343. The van der Waals surface area contributed by atoms with Crippen molar-refractivity contribution in [3.05, 3.63) is 10.3 Å². The first-order chi connectivity index (χ1) is 7.00. The van der Waals surface area contributed by atoms with Crippen molar-refractivity contribution in [1.82, 2.24) is 0 Å². The van der Waals surface area contributed by atoms with E-state index in [1.807, 2.05) is 0 Å². The van der Waals surface area contributed by atoms with Gasteiger partial charge < -0.3 is 18.5 Å². The van der Waals surface area contributed by atoms with E-state index in [9.17, 15) is 9.36 Å². The molecule has 0 fully saturated rings. The van der Waals surface area contributed by atoms with E-state index in [-0.39, 0.29) is 10.3 Å². The second-order valence-corrected chi connectivity index (χ2v) is 5.12. The Morgan fingerprint density at radius 3 is 2.27 bits per heavy atom. The molecule has 0 aliphatic carbocycles. The van der Waals surface area contributed by atoms with Crippen molar-refractivity contribution in [2.75, 3.05) is 21.3 Å². The lowest BCUT2D eigenvalue weighted by molar-refractivity contribution is -0.154. The molecule has 1 aliphatic rings. The van der Waals surface area contributed by atoms with E-state index >= 15 is 0 Å². The van der Waals surface area contributed by atoms with Crippen LogP contribution in [0.1, 0.15) is 0 Å². The molecule has 0 saturated carbocycles. The Balaban J connectivity index is 3.20. The summed E-state index contributed by atoms with van der Waals surface area (Å²) in [5.41, 5.74) is 0. The van der Waals surface area contributed by atoms with Crippen molar-refractivity contribution in [1.29, 1.82) is 0 Å². The van der Waals surface area contributed by atoms with Crippen LogP contribution in [-0.4, -0.2) is 33.6 Å². The van der Waals surface area contributed by atoms with Gasteiger partial charge in [0.05, 0.1) is 0 Å². The van der Waals surface area contributed by atoms with Crippen molar-refractivity contribution in [3.8, 4) is 0 Å². The topological polar surface area (TPSA) is 71.1 Å². The molecule has 0 N–H and O–H groups in total. The van der Waals surface area contributed by atoms with E-state index in [0.717, 1.165) is 0 Å². The van der Waals surface area contributed by atoms with Crippen LogP contribution in [0.15, 0.2) is 10.3 Å². The third kappa shape index (κ3) is 2.09. The van der Waals surface area contributed by atoms with Crippen molar-refractivity contribution < 1.29 is 27.9 Å². The molecule has 0 amide bonds. The van der Waals surface area contributed by atoms with Crippen LogP contribution in [0.4, 0.5) is 0 Å². The third-order valence-electron chi connectivity index (χ3n) is 1.83. The zero-order valence-corrected chi connectivity index (χ0v) is 10.0. The van der Waals surface area contributed by atoms with E-state index in [2.05, 4.69) is 4.74 Å². The first-order valence-corrected chi connectivity index (χ1v) is 5.77. The number of esters is 1. The Hall–Kier alpha value is -0.390. The lowest BCUT2D eigenvalue weighted by atomic mass is 10.5. The van der Waals surface area contributed by atoms with Gasteiger partial charge in [0.2, 0.25) is 6.29 Å². The van der Waals surface area contributed by atoms with Crippen molar-refractivity contribution in [3.63, 3.8) is 0 Å². The molecule has 15 heavy (non-hydrogen) atoms. The second-order valence-electron chi connectivity index (χ2n) is 2.53. The summed E-state index contributed by atoms with van der Waals surface area (Å²) in [5.74, 6) is -0.812. The number of carbonyl (C=O) groups excluding carboxylic acids is 1. The van der Waals surface area contributed by atoms with Gasteiger partial charge in [0.15, 0.2) is 0 Å². The molecule has 0 aromatic carbocycles. The Kier molecular flexibility index (Phi) is 3.92. The zero-order valence-electron chi connectivity index (χ0n) is 8.35. The van der Waals surface area contributed by atoms with E-state index in [0.29, 0.717) is 0 Å². The van der Waals surface area contributed by atoms with Crippen LogP contribution in [0.25, 0.3) is 0 Å². The Morgan fingerprint density at radius 1 is 1.33 bits per heavy atom. The van der Waals surface area contributed by atoms with Gasteiger partial charge in [-0.15, -0.1) is 0 Å². The summed E-state index contributed by atoms with van der Waals surface area (Å²) in [6.07, 6.45) is -1.13. The van der Waals surface area contributed by atoms with Crippen LogP contribution in [0.5, 0.6) is 0 Å². The summed E-state index contributed by atoms with van der Waals surface area (Å²) in [7, 11) is 0.0178. The number of carbonyl (C=O) groups is 1. The van der Waals surface area contributed by atoms with Gasteiger partial charge in [0.1, 0.15) is 10.3 Å². The number of methoxy groups -OCH3 is 1. The Morgan fingerprint density at radius 2 is 1.87 bits per heavy atom. The Labute approximate surface area is 91.6 Å². The number of cyclic esters (lactones) is 1. The molecule has 86 valence electrons. The number of rotatable bonds is 4. The molecule has 0 aromatic heterocycles. The number of halogens is 1. The average molecular weight is 257 g/mol. The largest absolute Gasteiger partial charge is 0.427 e. The van der Waals surface area contributed by atoms with Crippen LogP contribution in [-0.2, 0) is 27.9 Å². The monoisotopic (exact) mass is 256 g/mol. The van der Waals surface area contributed by atoms with E-state index in [1.54, 1.807) is 0 Å². The van der Waals surface area contributed by atoms with Crippen molar-refractivity contribution >= 4 is 25.2 Å². The van der Waals surface area contributed by atoms with Crippen LogP contribution in [0, 0.1) is 0 Å². The van der Waals surface area contributed by atoms with Crippen LogP contribution >= 0.6 is 19.2 Å². The van der Waals surface area contributed by atoms with E-state index in [1.165, 1.54) is 21.3 Å². The summed E-state index contributed by atoms with van der Waals surface area (Å²) >= 11 is 5.64. The van der Waals surface area contributed by atoms with Gasteiger partial charge in [-0.1, -0.05) is 11.6 Å². The fourth-order valence-electron chi connectivity index (χ4n) is 1.09. The molecule has 6 nitrogen and oxygen atoms in total. The smallest absolute Gasteiger partial charge is 0.364 e. The average Bonchev–Trinajstić information content (AvgIpc) is 2.54. The minimum absolute atomic E-state index is 0.110. The first kappa shape index (κ1) is 12.7. The molecule has 8 heteroatoms. The molecule has 1 rings (SSSR count). The zero-order chi connectivity index (χ0) is 11.6. The van der Waals surface area contributed by atoms with E-state index in [4.69, 9.17) is 25.4 Å². The molecule has 0 spiro atoms. The highest BCUT2D eigenvalue weighted by molar-refractivity contribution is 7.58. The van der Waals surface area contributed by atoms with Crippen LogP contribution < -0.4 is 0 Å². The van der Waals surface area contributed by atoms with Gasteiger partial charge in [0, 0.05) is 21.3 Å². The molecule has 1 heterocycles. The van der Waals surface area contributed by atoms with E-state index < -0.39 is 19.9 Å². The number of ether oxygens (including phenoxy) is 2. The van der Waals surface area contributed by atoms with Gasteiger partial charge in [-0.3, -0.25) is 4.57 Å². The fourth-order valence-corrected chi connectivity index (χ4v) is 2.83. The molecular formula is C7H10ClO6P. The minimum atomic E-state index is -3.62. The lowest BCUT2D eigenvalue weighted by Gasteiger charge is -2.18. The quantitative estimate of drug-likeness (QED) is 0.560. The molecule has 0 radical (unpaired) electrons. The summed E-state index contributed by atoms with van der Waals surface area (Å²) < 4.78 is 30.9. The standard InChI is InChI=1S/C7H10ClO6P/c1-11-7-5(4(8)6(9)14-7)15(10,12-2)13-3/h7H,1-3H3. The highest BCUT2D eigenvalue weighted by atomic mass is 35.5. The maximum absolute atomic E-state index is 12.0. The summed E-state index contributed by atoms with van der Waals surface area (Å²) in [5, 5.41) is -0.435. The molecule has 0 bridgehead atoms. The predicted molar refractivity (Wildman–Crippen MR) is 51.4 cm³/mol. The normalized spacial score (nSPS) is 22.1. The summed E-state index contributed by atoms with van der Waals surface area (Å²) in [6.45, 7) is 0. The highest BCUT2D eigenvalue weighted by Gasteiger charge is 2.45. The lowest BCUT2D eigenvalue weighted by Crippen LogP contribution is -2.14. The van der Waals surface area contributed by atoms with Gasteiger partial charge >= 0.3 is 13.6 Å². The maximum Gasteiger partial charge on any atom is 0.364 e. The minimum Gasteiger partial charge on any atom is -0.427 e. The summed E-state index contributed by atoms with van der Waals surface area (Å²) in [4.78, 5) is 11.1. The molecule has 0 aromatic rings. The molecule has 1 unspecified atom stereocenters. The van der Waals surface area contributed by atoms with Gasteiger partial charge in [-0.2, -0.15) is 0 Å². The summed E-state index contributed by atoms with van der Waals surface area (Å²) in [6, 6.07) is 0. The maximum atomic E-state index is 12.0. The highest BCUT2D eigenvalue weighted by Crippen LogP contribution is 2.60.